The molecule has 0 aromatic heterocycles. The van der Waals surface area contributed by atoms with Crippen LogP contribution in [0.2, 0.25) is 0 Å². The summed E-state index contributed by atoms with van der Waals surface area (Å²) in [6.07, 6.45) is 5.73. The van der Waals surface area contributed by atoms with Crippen molar-refractivity contribution in [1.82, 2.24) is 0 Å². The lowest BCUT2D eigenvalue weighted by molar-refractivity contribution is 1.16. The first-order chi connectivity index (χ1) is 8.86. The average molecular weight is 349 g/mol. The summed E-state index contributed by atoms with van der Waals surface area (Å²) in [5.74, 6) is 0. The van der Waals surface area contributed by atoms with Crippen molar-refractivity contribution in [1.29, 1.82) is 0 Å². The summed E-state index contributed by atoms with van der Waals surface area (Å²) >= 11 is 0. The van der Waals surface area contributed by atoms with Gasteiger partial charge in [0, 0.05) is 0 Å². The van der Waals surface area contributed by atoms with Crippen LogP contribution in [0.5, 0.6) is 0 Å². The number of hydrogen-bond donors (Lipinski definition) is 0. The van der Waals surface area contributed by atoms with Gasteiger partial charge in [-0.15, -0.1) is 30.1 Å². The van der Waals surface area contributed by atoms with Crippen LogP contribution in [0.25, 0.3) is 11.1 Å². The molecule has 106 valence electrons. The summed E-state index contributed by atoms with van der Waals surface area (Å²) in [5.41, 5.74) is 5.26. The fourth-order valence-corrected chi connectivity index (χ4v) is 2.25. The smallest absolute Gasteiger partial charge is 0.00911 e. The topological polar surface area (TPSA) is 0 Å². The van der Waals surface area contributed by atoms with Crippen molar-refractivity contribution in [2.75, 3.05) is 0 Å². The van der Waals surface area contributed by atoms with Crippen molar-refractivity contribution < 1.29 is 0 Å². The molecule has 1 unspecified atom stereocenters. The van der Waals surface area contributed by atoms with Crippen LogP contribution in [0.1, 0.15) is 11.1 Å². The molecule has 0 bridgehead atoms. The van der Waals surface area contributed by atoms with Crippen molar-refractivity contribution >= 4 is 26.9 Å². The monoisotopic (exact) mass is 348 g/mol. The Morgan fingerprint density at radius 3 is 2.05 bits per heavy atom. The highest BCUT2D eigenvalue weighted by molar-refractivity contribution is 8.93. The third kappa shape index (κ3) is 4.44. The Hall–Kier alpha value is -1.17. The molecular weight excluding hydrogens is 327 g/mol. The first-order valence-corrected chi connectivity index (χ1v) is 6.24. The van der Waals surface area contributed by atoms with E-state index in [0.29, 0.717) is 0 Å². The average Bonchev–Trinajstić information content (AvgIpc) is 2.42. The molecule has 0 saturated heterocycles. The molecule has 0 aliphatic rings. The zero-order chi connectivity index (χ0) is 12.8. The van der Waals surface area contributed by atoms with E-state index < -0.39 is 0 Å². The van der Waals surface area contributed by atoms with E-state index in [0.717, 1.165) is 12.8 Å². The summed E-state index contributed by atoms with van der Waals surface area (Å²) in [6.45, 7) is 7.70. The second-order valence-corrected chi connectivity index (χ2v) is 4.29. The summed E-state index contributed by atoms with van der Waals surface area (Å²) in [6, 6.07) is 17.0. The van der Waals surface area contributed by atoms with E-state index in [2.05, 4.69) is 55.6 Å². The molecule has 2 aromatic rings. The molecule has 0 amide bonds. The molecule has 0 aliphatic carbocycles. The van der Waals surface area contributed by atoms with Crippen molar-refractivity contribution in [3.8, 4) is 11.1 Å². The van der Waals surface area contributed by atoms with Gasteiger partial charge in [0.25, 0.3) is 0 Å². The van der Waals surface area contributed by atoms with Crippen molar-refractivity contribution in [3.63, 3.8) is 0 Å². The molecule has 0 spiro atoms. The minimum Gasteiger partial charge on any atom is -0.153 e. The van der Waals surface area contributed by atoms with Gasteiger partial charge in [-0.05, 0) is 35.1 Å². The lowest BCUT2D eigenvalue weighted by Crippen LogP contribution is -1.95. The van der Waals surface area contributed by atoms with Crippen molar-refractivity contribution in [2.45, 2.75) is 12.8 Å². The van der Waals surface area contributed by atoms with Gasteiger partial charge in [-0.3, -0.25) is 0 Å². The van der Waals surface area contributed by atoms with Gasteiger partial charge in [-0.25, -0.2) is 0 Å². The van der Waals surface area contributed by atoms with E-state index in [1.54, 1.807) is 0 Å². The van der Waals surface area contributed by atoms with E-state index in [-0.39, 0.29) is 26.9 Å². The largest absolute Gasteiger partial charge is 0.153 e. The number of allylic oxidation sites excluding steroid dienone is 2. The molecule has 2 heteroatoms. The fraction of sp³-hybridized carbons (Fsp3) is 0.111. The van der Waals surface area contributed by atoms with Gasteiger partial charge in [-0.2, -0.15) is 9.90 Å². The van der Waals surface area contributed by atoms with Crippen LogP contribution < -0.4 is 0 Å². The summed E-state index contributed by atoms with van der Waals surface area (Å²) in [7, 11) is 0. The molecule has 0 nitrogen and oxygen atoms in total. The van der Waals surface area contributed by atoms with Gasteiger partial charge in [0.2, 0.25) is 0 Å². The Bertz CT molecular complexity index is 547. The summed E-state index contributed by atoms with van der Waals surface area (Å²) in [4.78, 5) is 0. The predicted molar refractivity (Wildman–Crippen MR) is 101 cm³/mol. The molecule has 0 fully saturated rings. The van der Waals surface area contributed by atoms with E-state index in [9.17, 15) is 0 Å². The van der Waals surface area contributed by atoms with Gasteiger partial charge < -0.3 is 0 Å². The Kier molecular flexibility index (Phi) is 9.12. The standard InChI is InChI=1S/C18H18.BrH.H3P/c1-3-9-15-13-8-14-18(17(15)10-4-2)16-11-6-5-7-12-16;;/h3-8,11-14H,1-2,9-10H2;1H;1H3. The molecular formula is C18H22BrP. The third-order valence-electron chi connectivity index (χ3n) is 3.07. The molecule has 2 aromatic carbocycles. The van der Waals surface area contributed by atoms with Gasteiger partial charge in [0.05, 0.1) is 0 Å². The van der Waals surface area contributed by atoms with Gasteiger partial charge >= 0.3 is 0 Å². The molecule has 0 radical (unpaired) electrons. The fourth-order valence-electron chi connectivity index (χ4n) is 2.25. The number of rotatable bonds is 5. The van der Waals surface area contributed by atoms with E-state index >= 15 is 0 Å². The van der Waals surface area contributed by atoms with Crippen LogP contribution in [-0.2, 0) is 12.8 Å². The Balaban J connectivity index is 0.00000180. The zero-order valence-corrected chi connectivity index (χ0v) is 14.8. The molecule has 0 aliphatic heterocycles. The SMILES string of the molecule is Br.C=CCc1cccc(-c2ccccc2)c1CC=C.P. The Labute approximate surface area is 136 Å². The first-order valence-electron chi connectivity index (χ1n) is 6.24. The van der Waals surface area contributed by atoms with E-state index in [4.69, 9.17) is 0 Å². The van der Waals surface area contributed by atoms with Crippen molar-refractivity contribution in [3.05, 3.63) is 85.0 Å². The van der Waals surface area contributed by atoms with Crippen LogP contribution in [-0.4, -0.2) is 0 Å². The van der Waals surface area contributed by atoms with E-state index in [1.165, 1.54) is 22.3 Å². The highest BCUT2D eigenvalue weighted by atomic mass is 79.9. The van der Waals surface area contributed by atoms with E-state index in [1.807, 2.05) is 18.2 Å². The molecule has 2 rings (SSSR count). The first kappa shape index (κ1) is 18.8. The zero-order valence-electron chi connectivity index (χ0n) is 11.7. The minimum absolute atomic E-state index is 0. The van der Waals surface area contributed by atoms with Gasteiger partial charge in [0.15, 0.2) is 0 Å². The quantitative estimate of drug-likeness (QED) is 0.498. The van der Waals surface area contributed by atoms with Crippen LogP contribution in [0, 0.1) is 0 Å². The Morgan fingerprint density at radius 2 is 1.45 bits per heavy atom. The van der Waals surface area contributed by atoms with Crippen LogP contribution in [0.15, 0.2) is 73.8 Å². The van der Waals surface area contributed by atoms with Crippen LogP contribution in [0.4, 0.5) is 0 Å². The lowest BCUT2D eigenvalue weighted by atomic mass is 9.92. The molecule has 0 N–H and O–H groups in total. The lowest BCUT2D eigenvalue weighted by Gasteiger charge is -2.13. The number of benzene rings is 2. The second-order valence-electron chi connectivity index (χ2n) is 4.29. The maximum atomic E-state index is 3.87. The molecule has 20 heavy (non-hydrogen) atoms. The molecule has 0 heterocycles. The van der Waals surface area contributed by atoms with Crippen molar-refractivity contribution in [2.24, 2.45) is 0 Å². The van der Waals surface area contributed by atoms with Crippen LogP contribution in [0.3, 0.4) is 0 Å². The normalized spacial score (nSPS) is 9.00. The third-order valence-corrected chi connectivity index (χ3v) is 3.07. The highest BCUT2D eigenvalue weighted by Crippen LogP contribution is 2.27. The predicted octanol–water partition coefficient (Wildman–Crippen LogP) is 5.45. The summed E-state index contributed by atoms with van der Waals surface area (Å²) < 4.78 is 0. The van der Waals surface area contributed by atoms with Gasteiger partial charge in [0.1, 0.15) is 0 Å². The maximum Gasteiger partial charge on any atom is -0.00911 e. The maximum absolute atomic E-state index is 3.87. The highest BCUT2D eigenvalue weighted by Gasteiger charge is 2.07. The Morgan fingerprint density at radius 1 is 0.800 bits per heavy atom. The minimum atomic E-state index is 0. The van der Waals surface area contributed by atoms with Crippen LogP contribution >= 0.6 is 26.9 Å². The number of hydrogen-bond acceptors (Lipinski definition) is 0. The number of halogens is 1. The van der Waals surface area contributed by atoms with Gasteiger partial charge in [-0.1, -0.05) is 60.7 Å². The summed E-state index contributed by atoms with van der Waals surface area (Å²) in [5, 5.41) is 0. The molecule has 0 saturated carbocycles. The second kappa shape index (κ2) is 9.69. The molecule has 1 atom stereocenters.